The van der Waals surface area contributed by atoms with Crippen LogP contribution in [0.4, 0.5) is 0 Å². The first kappa shape index (κ1) is 13.5. The van der Waals surface area contributed by atoms with Crippen molar-refractivity contribution in [3.05, 3.63) is 0 Å². The van der Waals surface area contributed by atoms with Gasteiger partial charge in [-0.05, 0) is 19.8 Å². The van der Waals surface area contributed by atoms with Gasteiger partial charge in [-0.25, -0.2) is 4.79 Å². The van der Waals surface area contributed by atoms with Crippen LogP contribution in [-0.2, 0) is 14.3 Å². The number of likely N-dealkylation sites (N-methyl/N-ethyl adjacent to an activating group) is 1. The Morgan fingerprint density at radius 3 is 2.59 bits per heavy atom. The van der Waals surface area contributed by atoms with Crippen molar-refractivity contribution in [3.8, 4) is 6.07 Å². The lowest BCUT2D eigenvalue weighted by molar-refractivity contribution is -0.154. The van der Waals surface area contributed by atoms with Crippen LogP contribution in [0.3, 0.4) is 0 Å². The lowest BCUT2D eigenvalue weighted by Crippen LogP contribution is -2.39. The summed E-state index contributed by atoms with van der Waals surface area (Å²) in [6.45, 7) is 2.05. The number of carboxylic acids is 1. The molecule has 1 saturated heterocycles. The van der Waals surface area contributed by atoms with Crippen molar-refractivity contribution >= 4 is 11.9 Å². The Hall–Kier alpha value is -1.61. The average Bonchev–Trinajstić information content (AvgIpc) is 2.77. The molecule has 3 unspecified atom stereocenters. The lowest BCUT2D eigenvalue weighted by Gasteiger charge is -2.21. The summed E-state index contributed by atoms with van der Waals surface area (Å²) >= 11 is 0. The summed E-state index contributed by atoms with van der Waals surface area (Å²) in [4.78, 5) is 24.0. The number of amides is 1. The van der Waals surface area contributed by atoms with E-state index in [1.165, 1.54) is 4.90 Å². The minimum Gasteiger partial charge on any atom is -0.479 e. The number of aliphatic carboxylic acids is 1. The third-order valence-corrected chi connectivity index (χ3v) is 2.71. The van der Waals surface area contributed by atoms with Crippen LogP contribution in [0.2, 0.25) is 0 Å². The summed E-state index contributed by atoms with van der Waals surface area (Å²) in [6, 6.07) is 2.04. The molecule has 0 saturated carbocycles. The number of ether oxygens (including phenoxy) is 1. The summed E-state index contributed by atoms with van der Waals surface area (Å²) in [7, 11) is 1.59. The molecule has 17 heavy (non-hydrogen) atoms. The summed E-state index contributed by atoms with van der Waals surface area (Å²) in [5.74, 6) is -1.54. The van der Waals surface area contributed by atoms with Gasteiger partial charge in [0.05, 0.1) is 12.0 Å². The average molecular weight is 240 g/mol. The van der Waals surface area contributed by atoms with Crippen molar-refractivity contribution in [1.82, 2.24) is 4.90 Å². The van der Waals surface area contributed by atoms with Gasteiger partial charge in [0.1, 0.15) is 6.10 Å². The van der Waals surface area contributed by atoms with Crippen molar-refractivity contribution in [1.29, 1.82) is 5.26 Å². The molecular formula is C11H16N2O4. The molecule has 1 rings (SSSR count). The van der Waals surface area contributed by atoms with Crippen LogP contribution in [0.25, 0.3) is 0 Å². The van der Waals surface area contributed by atoms with Crippen molar-refractivity contribution in [3.63, 3.8) is 0 Å². The molecule has 0 aliphatic carbocycles. The van der Waals surface area contributed by atoms with E-state index < -0.39 is 18.2 Å². The van der Waals surface area contributed by atoms with E-state index in [1.54, 1.807) is 14.0 Å². The number of nitriles is 1. The standard InChI is InChI=1S/C11H16N2O4/c1-7(5-12)6-13(2)10(14)8-3-4-9(17-8)11(15)16/h7-9H,3-4,6H2,1-2H3,(H,15,16). The van der Waals surface area contributed by atoms with Crippen LogP contribution in [0, 0.1) is 17.2 Å². The molecule has 0 aromatic carbocycles. The summed E-state index contributed by atoms with van der Waals surface area (Å²) < 4.78 is 5.15. The fraction of sp³-hybridized carbons (Fsp3) is 0.727. The van der Waals surface area contributed by atoms with Gasteiger partial charge in [0.25, 0.3) is 5.91 Å². The number of carbonyl (C=O) groups is 2. The molecule has 1 aliphatic rings. The van der Waals surface area contributed by atoms with Crippen LogP contribution < -0.4 is 0 Å². The molecule has 1 heterocycles. The van der Waals surface area contributed by atoms with Gasteiger partial charge in [-0.15, -0.1) is 0 Å². The van der Waals surface area contributed by atoms with Crippen LogP contribution in [0.5, 0.6) is 0 Å². The molecule has 94 valence electrons. The lowest BCUT2D eigenvalue weighted by atomic mass is 10.1. The normalized spacial score (nSPS) is 25.0. The molecule has 0 aromatic rings. The van der Waals surface area contributed by atoms with Gasteiger partial charge in [-0.2, -0.15) is 5.26 Å². The van der Waals surface area contributed by atoms with Crippen LogP contribution in [-0.4, -0.2) is 47.7 Å². The molecule has 1 N–H and O–H groups in total. The number of rotatable bonds is 4. The van der Waals surface area contributed by atoms with E-state index in [0.29, 0.717) is 19.4 Å². The SMILES string of the molecule is CC(C#N)CN(C)C(=O)C1CCC(C(=O)O)O1. The molecule has 1 fully saturated rings. The first-order chi connectivity index (χ1) is 7.95. The molecule has 0 spiro atoms. The van der Waals surface area contributed by atoms with Crippen molar-refractivity contribution in [2.75, 3.05) is 13.6 Å². The van der Waals surface area contributed by atoms with Crippen molar-refractivity contribution in [2.24, 2.45) is 5.92 Å². The van der Waals surface area contributed by atoms with Crippen molar-refractivity contribution < 1.29 is 19.4 Å². The predicted octanol–water partition coefficient (Wildman–Crippen LogP) is 0.237. The molecule has 1 amide bonds. The summed E-state index contributed by atoms with van der Waals surface area (Å²) in [5, 5.41) is 17.4. The molecule has 0 radical (unpaired) electrons. The Bertz CT molecular complexity index is 350. The Morgan fingerprint density at radius 2 is 2.12 bits per heavy atom. The molecular weight excluding hydrogens is 224 g/mol. The third-order valence-electron chi connectivity index (χ3n) is 2.71. The number of hydrogen-bond donors (Lipinski definition) is 1. The second kappa shape index (κ2) is 5.64. The second-order valence-corrected chi connectivity index (χ2v) is 4.28. The number of carbonyl (C=O) groups excluding carboxylic acids is 1. The Kier molecular flexibility index (Phi) is 4.46. The topological polar surface area (TPSA) is 90.6 Å². The van der Waals surface area contributed by atoms with Gasteiger partial charge in [0.2, 0.25) is 0 Å². The first-order valence-electron chi connectivity index (χ1n) is 5.48. The molecule has 3 atom stereocenters. The molecule has 1 aliphatic heterocycles. The predicted molar refractivity (Wildman–Crippen MR) is 57.9 cm³/mol. The highest BCUT2D eigenvalue weighted by Crippen LogP contribution is 2.21. The van der Waals surface area contributed by atoms with E-state index >= 15 is 0 Å². The van der Waals surface area contributed by atoms with Crippen molar-refractivity contribution in [2.45, 2.75) is 32.0 Å². The molecule has 0 bridgehead atoms. The zero-order chi connectivity index (χ0) is 13.0. The van der Waals surface area contributed by atoms with E-state index in [9.17, 15) is 9.59 Å². The van der Waals surface area contributed by atoms with Gasteiger partial charge in [0.15, 0.2) is 6.10 Å². The Labute approximate surface area is 99.8 Å². The zero-order valence-corrected chi connectivity index (χ0v) is 9.92. The highest BCUT2D eigenvalue weighted by molar-refractivity contribution is 5.82. The largest absolute Gasteiger partial charge is 0.479 e. The van der Waals surface area contributed by atoms with E-state index in [-0.39, 0.29) is 11.8 Å². The molecule has 6 nitrogen and oxygen atoms in total. The summed E-state index contributed by atoms with van der Waals surface area (Å²) in [6.07, 6.45) is -0.799. The van der Waals surface area contributed by atoms with Crippen LogP contribution in [0.15, 0.2) is 0 Å². The monoisotopic (exact) mass is 240 g/mol. The maximum Gasteiger partial charge on any atom is 0.332 e. The summed E-state index contributed by atoms with van der Waals surface area (Å²) in [5.41, 5.74) is 0. The highest BCUT2D eigenvalue weighted by Gasteiger charge is 2.36. The van der Waals surface area contributed by atoms with Gasteiger partial charge < -0.3 is 14.7 Å². The van der Waals surface area contributed by atoms with E-state index in [2.05, 4.69) is 0 Å². The third kappa shape index (κ3) is 3.43. The maximum absolute atomic E-state index is 11.9. The zero-order valence-electron chi connectivity index (χ0n) is 9.92. The first-order valence-corrected chi connectivity index (χ1v) is 5.48. The maximum atomic E-state index is 11.9. The van der Waals surface area contributed by atoms with E-state index in [1.807, 2.05) is 6.07 Å². The highest BCUT2D eigenvalue weighted by atomic mass is 16.5. The number of hydrogen-bond acceptors (Lipinski definition) is 4. The number of nitrogens with zero attached hydrogens (tertiary/aromatic N) is 2. The number of carboxylic acid groups (broad SMARTS) is 1. The van der Waals surface area contributed by atoms with E-state index in [4.69, 9.17) is 15.1 Å². The minimum atomic E-state index is -1.03. The van der Waals surface area contributed by atoms with E-state index in [0.717, 1.165) is 0 Å². The molecule has 0 aromatic heterocycles. The quantitative estimate of drug-likeness (QED) is 0.760. The molecule has 6 heteroatoms. The van der Waals surface area contributed by atoms with Crippen LogP contribution in [0.1, 0.15) is 19.8 Å². The fourth-order valence-corrected chi connectivity index (χ4v) is 1.79. The minimum absolute atomic E-state index is 0.249. The Morgan fingerprint density at radius 1 is 1.53 bits per heavy atom. The smallest absolute Gasteiger partial charge is 0.332 e. The van der Waals surface area contributed by atoms with Gasteiger partial charge in [-0.1, -0.05) is 0 Å². The second-order valence-electron chi connectivity index (χ2n) is 4.28. The van der Waals surface area contributed by atoms with Gasteiger partial charge in [-0.3, -0.25) is 4.79 Å². The van der Waals surface area contributed by atoms with Crippen LogP contribution >= 0.6 is 0 Å². The fourth-order valence-electron chi connectivity index (χ4n) is 1.79. The van der Waals surface area contributed by atoms with Gasteiger partial charge >= 0.3 is 5.97 Å². The van der Waals surface area contributed by atoms with Gasteiger partial charge in [0, 0.05) is 13.6 Å². The Balaban J connectivity index is 2.49.